The summed E-state index contributed by atoms with van der Waals surface area (Å²) in [7, 11) is 0. The molecule has 0 spiro atoms. The van der Waals surface area contributed by atoms with Crippen LogP contribution < -0.4 is 4.90 Å². The average molecular weight is 676 g/mol. The number of benzene rings is 9. The van der Waals surface area contributed by atoms with Gasteiger partial charge in [-0.05, 0) is 145 Å². The molecule has 0 atom stereocenters. The molecule has 0 unspecified atom stereocenters. The fraction of sp³-hybridized carbons (Fsp3) is 0.0385. The lowest BCUT2D eigenvalue weighted by Gasteiger charge is -2.33. The van der Waals surface area contributed by atoms with Crippen molar-refractivity contribution in [1.29, 1.82) is 0 Å². The second kappa shape index (κ2) is 12.5. The molecule has 9 aromatic carbocycles. The number of aryl methyl sites for hydroxylation is 2. The lowest BCUT2D eigenvalue weighted by Crippen LogP contribution is -2.13. The summed E-state index contributed by atoms with van der Waals surface area (Å²) in [6, 6.07) is 68.8. The van der Waals surface area contributed by atoms with E-state index in [1.54, 1.807) is 0 Å². The van der Waals surface area contributed by atoms with Gasteiger partial charge in [0.2, 0.25) is 0 Å². The zero-order valence-corrected chi connectivity index (χ0v) is 29.8. The van der Waals surface area contributed by atoms with Crippen LogP contribution in [0.15, 0.2) is 188 Å². The van der Waals surface area contributed by atoms with E-state index in [1.807, 2.05) is 0 Å². The van der Waals surface area contributed by atoms with Gasteiger partial charge in [0.05, 0.1) is 0 Å². The van der Waals surface area contributed by atoms with Crippen LogP contribution in [0.2, 0.25) is 0 Å². The highest BCUT2D eigenvalue weighted by molar-refractivity contribution is 6.26. The van der Waals surface area contributed by atoms with Crippen LogP contribution in [0.4, 0.5) is 17.1 Å². The molecule has 10 rings (SSSR count). The Kier molecular flexibility index (Phi) is 7.33. The van der Waals surface area contributed by atoms with E-state index < -0.39 is 0 Å². The Morgan fingerprint density at radius 1 is 0.321 bits per heavy atom. The smallest absolute Gasteiger partial charge is 0.0491 e. The van der Waals surface area contributed by atoms with E-state index >= 15 is 0 Å². The van der Waals surface area contributed by atoms with Gasteiger partial charge in [0.15, 0.2) is 0 Å². The highest BCUT2D eigenvalue weighted by Gasteiger charge is 2.32. The summed E-state index contributed by atoms with van der Waals surface area (Å²) in [5.41, 5.74) is 18.9. The lowest BCUT2D eigenvalue weighted by atomic mass is 9.70. The Hall–Kier alpha value is -6.70. The van der Waals surface area contributed by atoms with Crippen LogP contribution in [0, 0.1) is 13.8 Å². The van der Waals surface area contributed by atoms with E-state index in [0.29, 0.717) is 0 Å². The predicted octanol–water partition coefficient (Wildman–Crippen LogP) is 14.7. The maximum Gasteiger partial charge on any atom is 0.0491 e. The first-order valence-corrected chi connectivity index (χ1v) is 18.4. The molecule has 1 aliphatic carbocycles. The Bertz CT molecular complexity index is 2830. The van der Waals surface area contributed by atoms with Gasteiger partial charge in [-0.1, -0.05) is 146 Å². The zero-order valence-electron chi connectivity index (χ0n) is 29.8. The molecule has 0 saturated carbocycles. The second-order valence-corrected chi connectivity index (χ2v) is 14.2. The Balaban J connectivity index is 1.18. The molecule has 1 aliphatic rings. The van der Waals surface area contributed by atoms with E-state index in [9.17, 15) is 0 Å². The highest BCUT2D eigenvalue weighted by Crippen LogP contribution is 2.60. The number of anilines is 3. The van der Waals surface area contributed by atoms with Crippen molar-refractivity contribution in [2.24, 2.45) is 0 Å². The normalized spacial score (nSPS) is 11.6. The van der Waals surface area contributed by atoms with Crippen LogP contribution in [0.1, 0.15) is 11.1 Å². The quantitative estimate of drug-likeness (QED) is 0.170. The third-order valence-corrected chi connectivity index (χ3v) is 11.0. The Labute approximate surface area is 311 Å². The molecule has 0 heterocycles. The molecule has 0 radical (unpaired) electrons. The number of nitrogens with zero attached hydrogens (tertiary/aromatic N) is 1. The number of rotatable bonds is 6. The van der Waals surface area contributed by atoms with Crippen molar-refractivity contribution in [2.75, 3.05) is 4.90 Å². The van der Waals surface area contributed by atoms with Crippen molar-refractivity contribution in [3.63, 3.8) is 0 Å². The van der Waals surface area contributed by atoms with Gasteiger partial charge in [-0.25, -0.2) is 0 Å². The molecule has 0 bridgehead atoms. The van der Waals surface area contributed by atoms with Crippen molar-refractivity contribution in [3.8, 4) is 55.6 Å². The van der Waals surface area contributed by atoms with Crippen LogP contribution in [-0.4, -0.2) is 0 Å². The predicted molar refractivity (Wildman–Crippen MR) is 226 cm³/mol. The van der Waals surface area contributed by atoms with E-state index in [2.05, 4.69) is 207 Å². The summed E-state index contributed by atoms with van der Waals surface area (Å²) in [4.78, 5) is 2.43. The van der Waals surface area contributed by atoms with Gasteiger partial charge in [0.1, 0.15) is 0 Å². The minimum absolute atomic E-state index is 1.15. The third kappa shape index (κ3) is 5.08. The molecule has 0 N–H and O–H groups in total. The first kappa shape index (κ1) is 31.1. The molecule has 250 valence electrons. The molecule has 0 amide bonds. The number of hydrogen-bond donors (Lipinski definition) is 0. The SMILES string of the molecule is Cc1ccccc1N(c1ccc2cc3c(cc2c1)-c1c-3c(-c2ccccc2)c2ccccc2c1-c1ccccc1)c1ccc(-c2ccccc2)cc1C. The summed E-state index contributed by atoms with van der Waals surface area (Å²) in [5, 5.41) is 5.06. The number of hydrogen-bond acceptors (Lipinski definition) is 1. The maximum atomic E-state index is 2.44. The fourth-order valence-corrected chi connectivity index (χ4v) is 8.50. The van der Waals surface area contributed by atoms with Crippen LogP contribution >= 0.6 is 0 Å². The minimum Gasteiger partial charge on any atom is -0.310 e. The van der Waals surface area contributed by atoms with Gasteiger partial charge in [-0.15, -0.1) is 0 Å². The van der Waals surface area contributed by atoms with Crippen LogP contribution in [0.3, 0.4) is 0 Å². The molecule has 9 aromatic rings. The van der Waals surface area contributed by atoms with E-state index in [-0.39, 0.29) is 0 Å². The summed E-state index contributed by atoms with van der Waals surface area (Å²) < 4.78 is 0. The highest BCUT2D eigenvalue weighted by atomic mass is 15.1. The molecule has 0 fully saturated rings. The molecule has 1 nitrogen and oxygen atoms in total. The molecule has 1 heteroatoms. The summed E-state index contributed by atoms with van der Waals surface area (Å²) >= 11 is 0. The summed E-state index contributed by atoms with van der Waals surface area (Å²) in [6.45, 7) is 4.43. The van der Waals surface area contributed by atoms with Crippen molar-refractivity contribution in [1.82, 2.24) is 0 Å². The van der Waals surface area contributed by atoms with E-state index in [0.717, 1.165) is 5.69 Å². The van der Waals surface area contributed by atoms with Crippen LogP contribution in [0.25, 0.3) is 77.2 Å². The molecule has 0 saturated heterocycles. The third-order valence-electron chi connectivity index (χ3n) is 11.0. The van der Waals surface area contributed by atoms with Crippen molar-refractivity contribution < 1.29 is 0 Å². The molecule has 0 aliphatic heterocycles. The van der Waals surface area contributed by atoms with E-state index in [1.165, 1.54) is 99.7 Å². The van der Waals surface area contributed by atoms with Crippen molar-refractivity contribution in [3.05, 3.63) is 199 Å². The topological polar surface area (TPSA) is 3.24 Å². The van der Waals surface area contributed by atoms with Gasteiger partial charge in [-0.2, -0.15) is 0 Å². The molecular weight excluding hydrogens is 639 g/mol. The van der Waals surface area contributed by atoms with Gasteiger partial charge in [0.25, 0.3) is 0 Å². The summed E-state index contributed by atoms with van der Waals surface area (Å²) in [6.07, 6.45) is 0. The largest absolute Gasteiger partial charge is 0.310 e. The molecule has 53 heavy (non-hydrogen) atoms. The average Bonchev–Trinajstić information content (AvgIpc) is 3.21. The first-order chi connectivity index (χ1) is 26.1. The monoisotopic (exact) mass is 675 g/mol. The first-order valence-electron chi connectivity index (χ1n) is 18.4. The van der Waals surface area contributed by atoms with Gasteiger partial charge >= 0.3 is 0 Å². The fourth-order valence-electron chi connectivity index (χ4n) is 8.50. The standard InChI is InChI=1S/C52H37N/c1-34-16-12-15-25-47(34)53(48-29-27-39(30-35(48)2)36-17-6-3-7-18-36)42-28-26-40-32-45-46(33-41(40)31-42)52-50(38-21-10-5-11-22-38)44-24-14-13-23-43(44)49(51(45)52)37-19-8-4-9-20-37/h3-33H,1-2H3. The van der Waals surface area contributed by atoms with Gasteiger partial charge < -0.3 is 4.90 Å². The minimum atomic E-state index is 1.15. The zero-order chi connectivity index (χ0) is 35.5. The van der Waals surface area contributed by atoms with Crippen molar-refractivity contribution in [2.45, 2.75) is 13.8 Å². The Morgan fingerprint density at radius 3 is 1.42 bits per heavy atom. The van der Waals surface area contributed by atoms with Crippen molar-refractivity contribution >= 4 is 38.6 Å². The number of para-hydroxylation sites is 1. The maximum absolute atomic E-state index is 2.44. The van der Waals surface area contributed by atoms with Gasteiger partial charge in [-0.3, -0.25) is 0 Å². The van der Waals surface area contributed by atoms with Crippen LogP contribution in [0.5, 0.6) is 0 Å². The second-order valence-electron chi connectivity index (χ2n) is 14.2. The Morgan fingerprint density at radius 2 is 0.830 bits per heavy atom. The summed E-state index contributed by atoms with van der Waals surface area (Å²) in [5.74, 6) is 0. The van der Waals surface area contributed by atoms with Crippen LogP contribution in [-0.2, 0) is 0 Å². The van der Waals surface area contributed by atoms with E-state index in [4.69, 9.17) is 0 Å². The number of fused-ring (bicyclic) bond motifs is 6. The lowest BCUT2D eigenvalue weighted by molar-refractivity contribution is 1.23. The van der Waals surface area contributed by atoms with Gasteiger partial charge in [0, 0.05) is 17.1 Å². The molecular formula is C52H37N. The molecule has 0 aromatic heterocycles.